The summed E-state index contributed by atoms with van der Waals surface area (Å²) in [5, 5.41) is 9.39. The van der Waals surface area contributed by atoms with E-state index in [1.54, 1.807) is 18.3 Å². The van der Waals surface area contributed by atoms with E-state index in [1.165, 1.54) is 6.07 Å². The maximum absolute atomic E-state index is 12.1. The smallest absolute Gasteiger partial charge is 0.196 e. The van der Waals surface area contributed by atoms with Crippen LogP contribution in [0.2, 0.25) is 0 Å². The van der Waals surface area contributed by atoms with Gasteiger partial charge in [-0.25, -0.2) is 0 Å². The molecule has 0 saturated carbocycles. The number of nitrogens with zero attached hydrogens (tertiary/aromatic N) is 1. The quantitative estimate of drug-likeness (QED) is 0.620. The molecule has 78 valence electrons. The molecule has 0 aliphatic heterocycles. The van der Waals surface area contributed by atoms with Crippen LogP contribution in [0.1, 0.15) is 21.5 Å². The Morgan fingerprint density at radius 2 is 2.00 bits per heavy atom. The molecule has 0 amide bonds. The van der Waals surface area contributed by atoms with Gasteiger partial charge < -0.3 is 5.11 Å². The average Bonchev–Trinajstić information content (AvgIpc) is 2.54. The van der Waals surface area contributed by atoms with Crippen molar-refractivity contribution in [1.29, 1.82) is 0 Å². The van der Waals surface area contributed by atoms with Crippen molar-refractivity contribution in [3.05, 3.63) is 47.2 Å². The Labute approximate surface area is 92.4 Å². The largest absolute Gasteiger partial charge is 0.508 e. The summed E-state index contributed by atoms with van der Waals surface area (Å²) >= 11 is 0. The molecule has 1 N–H and O–H groups in total. The molecule has 0 spiro atoms. The minimum absolute atomic E-state index is 0.0495. The number of aromatic hydroxyl groups is 1. The van der Waals surface area contributed by atoms with Gasteiger partial charge in [-0.2, -0.15) is 0 Å². The third kappa shape index (κ3) is 1.03. The van der Waals surface area contributed by atoms with Crippen molar-refractivity contribution < 1.29 is 9.90 Å². The minimum Gasteiger partial charge on any atom is -0.508 e. The summed E-state index contributed by atoms with van der Waals surface area (Å²) in [6.45, 7) is 1.89. The zero-order chi connectivity index (χ0) is 11.3. The number of aromatic nitrogens is 1. The first-order chi connectivity index (χ1) is 7.68. The Morgan fingerprint density at radius 3 is 2.81 bits per heavy atom. The van der Waals surface area contributed by atoms with Gasteiger partial charge in [-0.15, -0.1) is 0 Å². The van der Waals surface area contributed by atoms with E-state index in [4.69, 9.17) is 0 Å². The van der Waals surface area contributed by atoms with Gasteiger partial charge in [-0.1, -0.05) is 0 Å². The normalized spacial score (nSPS) is 12.4. The van der Waals surface area contributed by atoms with Crippen molar-refractivity contribution in [1.82, 2.24) is 4.98 Å². The second kappa shape index (κ2) is 2.92. The summed E-state index contributed by atoms with van der Waals surface area (Å²) in [5.41, 5.74) is 3.65. The number of rotatable bonds is 0. The fraction of sp³-hybridized carbons (Fsp3) is 0.0769. The maximum atomic E-state index is 12.1. The highest BCUT2D eigenvalue weighted by Gasteiger charge is 2.29. The van der Waals surface area contributed by atoms with Crippen LogP contribution >= 0.6 is 0 Å². The number of benzene rings is 1. The Morgan fingerprint density at radius 1 is 1.19 bits per heavy atom. The van der Waals surface area contributed by atoms with E-state index in [2.05, 4.69) is 4.98 Å². The topological polar surface area (TPSA) is 50.2 Å². The van der Waals surface area contributed by atoms with Crippen molar-refractivity contribution in [3.63, 3.8) is 0 Å². The SMILES string of the molecule is Cc1ccnc2c1C(=O)c1cc(O)ccc1-2. The predicted octanol–water partition coefficient (Wildman–Crippen LogP) is 2.31. The molecule has 1 aliphatic carbocycles. The van der Waals surface area contributed by atoms with Gasteiger partial charge in [0.25, 0.3) is 0 Å². The van der Waals surface area contributed by atoms with E-state index < -0.39 is 0 Å². The molecule has 1 aromatic heterocycles. The van der Waals surface area contributed by atoms with Crippen LogP contribution in [0.25, 0.3) is 11.3 Å². The van der Waals surface area contributed by atoms with Crippen molar-refractivity contribution in [2.45, 2.75) is 6.92 Å². The number of hydrogen-bond acceptors (Lipinski definition) is 3. The second-order valence-electron chi connectivity index (χ2n) is 3.91. The molecule has 0 saturated heterocycles. The number of ketones is 1. The van der Waals surface area contributed by atoms with Crippen LogP contribution in [0, 0.1) is 6.92 Å². The first-order valence-corrected chi connectivity index (χ1v) is 5.02. The standard InChI is InChI=1S/C13H9NO2/c1-7-4-5-14-12-9-3-2-8(15)6-10(9)13(16)11(7)12/h2-6,15H,1H3. The molecule has 16 heavy (non-hydrogen) atoms. The molecule has 0 radical (unpaired) electrons. The lowest BCUT2D eigenvalue weighted by molar-refractivity contribution is 0.104. The van der Waals surface area contributed by atoms with Crippen LogP contribution in [-0.4, -0.2) is 15.9 Å². The molecule has 3 nitrogen and oxygen atoms in total. The number of phenols is 1. The van der Waals surface area contributed by atoms with Crippen molar-refractivity contribution in [3.8, 4) is 17.0 Å². The molecular weight excluding hydrogens is 202 g/mol. The van der Waals surface area contributed by atoms with Gasteiger partial charge in [0.15, 0.2) is 5.78 Å². The van der Waals surface area contributed by atoms with Gasteiger partial charge in [0.2, 0.25) is 0 Å². The third-order valence-electron chi connectivity index (χ3n) is 2.89. The Bertz CT molecular complexity index is 617. The number of carbonyl (C=O) groups excluding carboxylic acids is 1. The van der Waals surface area contributed by atoms with Crippen molar-refractivity contribution in [2.24, 2.45) is 0 Å². The molecule has 1 heterocycles. The summed E-state index contributed by atoms with van der Waals surface area (Å²) < 4.78 is 0. The molecule has 0 atom stereocenters. The van der Waals surface area contributed by atoms with Gasteiger partial charge in [0, 0.05) is 17.3 Å². The molecule has 0 unspecified atom stereocenters. The molecule has 0 fully saturated rings. The predicted molar refractivity (Wildman–Crippen MR) is 59.5 cm³/mol. The van der Waals surface area contributed by atoms with Gasteiger partial charge >= 0.3 is 0 Å². The molecule has 2 aromatic rings. The molecule has 1 aliphatic rings. The van der Waals surface area contributed by atoms with Crippen LogP contribution in [-0.2, 0) is 0 Å². The van der Waals surface area contributed by atoms with Crippen LogP contribution in [0.4, 0.5) is 0 Å². The maximum Gasteiger partial charge on any atom is 0.196 e. The van der Waals surface area contributed by atoms with Gasteiger partial charge in [0.05, 0.1) is 11.3 Å². The second-order valence-corrected chi connectivity index (χ2v) is 3.91. The molecule has 0 bridgehead atoms. The van der Waals surface area contributed by atoms with Crippen LogP contribution < -0.4 is 0 Å². The number of aryl methyl sites for hydroxylation is 1. The first-order valence-electron chi connectivity index (χ1n) is 5.02. The summed E-state index contributed by atoms with van der Waals surface area (Å²) in [7, 11) is 0. The molecule has 3 rings (SSSR count). The Kier molecular flexibility index (Phi) is 1.66. The number of phenolic OH excluding ortho intramolecular Hbond substituents is 1. The molecule has 1 aromatic carbocycles. The van der Waals surface area contributed by atoms with E-state index in [0.29, 0.717) is 11.1 Å². The summed E-state index contributed by atoms with van der Waals surface area (Å²) in [4.78, 5) is 16.3. The fourth-order valence-corrected chi connectivity index (χ4v) is 2.11. The van der Waals surface area contributed by atoms with Crippen LogP contribution in [0.15, 0.2) is 30.5 Å². The van der Waals surface area contributed by atoms with Gasteiger partial charge in [0.1, 0.15) is 5.75 Å². The number of hydrogen-bond donors (Lipinski definition) is 1. The highest BCUT2D eigenvalue weighted by Crippen LogP contribution is 2.37. The molecular formula is C13H9NO2. The summed E-state index contributed by atoms with van der Waals surface area (Å²) in [6, 6.07) is 6.63. The summed E-state index contributed by atoms with van der Waals surface area (Å²) in [5.74, 6) is 0.0593. The van der Waals surface area contributed by atoms with Gasteiger partial charge in [-0.3, -0.25) is 9.78 Å². The van der Waals surface area contributed by atoms with Crippen molar-refractivity contribution in [2.75, 3.05) is 0 Å². The number of pyridine rings is 1. The zero-order valence-corrected chi connectivity index (χ0v) is 8.69. The average molecular weight is 211 g/mol. The van der Waals surface area contributed by atoms with Crippen LogP contribution in [0.3, 0.4) is 0 Å². The zero-order valence-electron chi connectivity index (χ0n) is 8.69. The fourth-order valence-electron chi connectivity index (χ4n) is 2.11. The van der Waals surface area contributed by atoms with Crippen molar-refractivity contribution >= 4 is 5.78 Å². The van der Waals surface area contributed by atoms with E-state index in [-0.39, 0.29) is 11.5 Å². The van der Waals surface area contributed by atoms with E-state index >= 15 is 0 Å². The van der Waals surface area contributed by atoms with E-state index in [1.807, 2.05) is 13.0 Å². The highest BCUT2D eigenvalue weighted by molar-refractivity contribution is 6.21. The summed E-state index contributed by atoms with van der Waals surface area (Å²) in [6.07, 6.45) is 1.70. The lowest BCUT2D eigenvalue weighted by Gasteiger charge is -2.00. The number of fused-ring (bicyclic) bond motifs is 3. The Balaban J connectivity index is 2.39. The number of carbonyl (C=O) groups is 1. The third-order valence-corrected chi connectivity index (χ3v) is 2.89. The van der Waals surface area contributed by atoms with E-state index in [9.17, 15) is 9.90 Å². The minimum atomic E-state index is -0.0495. The molecule has 3 heteroatoms. The van der Waals surface area contributed by atoms with E-state index in [0.717, 1.165) is 16.8 Å². The lowest BCUT2D eigenvalue weighted by Crippen LogP contribution is -1.98. The highest BCUT2D eigenvalue weighted by atomic mass is 16.3. The lowest BCUT2D eigenvalue weighted by atomic mass is 10.1. The first kappa shape index (κ1) is 9.09. The van der Waals surface area contributed by atoms with Crippen LogP contribution in [0.5, 0.6) is 5.75 Å². The monoisotopic (exact) mass is 211 g/mol. The van der Waals surface area contributed by atoms with Gasteiger partial charge in [-0.05, 0) is 36.8 Å². The Hall–Kier alpha value is -2.16.